The lowest BCUT2D eigenvalue weighted by atomic mass is 10.1. The summed E-state index contributed by atoms with van der Waals surface area (Å²) < 4.78 is 2.54. The summed E-state index contributed by atoms with van der Waals surface area (Å²) in [6.07, 6.45) is 2.54. The van der Waals surface area contributed by atoms with Gasteiger partial charge in [0.2, 0.25) is 0 Å². The third-order valence-electron chi connectivity index (χ3n) is 3.89. The van der Waals surface area contributed by atoms with Gasteiger partial charge in [0, 0.05) is 16.3 Å². The van der Waals surface area contributed by atoms with Crippen LogP contribution in [0.3, 0.4) is 0 Å². The number of fused-ring (bicyclic) bond motifs is 1. The van der Waals surface area contributed by atoms with E-state index in [-0.39, 0.29) is 10.1 Å². The molecule has 0 amide bonds. The van der Waals surface area contributed by atoms with Crippen molar-refractivity contribution in [2.45, 2.75) is 43.4 Å². The van der Waals surface area contributed by atoms with Crippen LogP contribution in [0.4, 0.5) is 0 Å². The van der Waals surface area contributed by atoms with Crippen LogP contribution in [0.15, 0.2) is 18.2 Å². The zero-order valence-electron chi connectivity index (χ0n) is 11.7. The first-order valence-electron chi connectivity index (χ1n) is 6.92. The molecule has 2 nitrogen and oxygen atoms in total. The molecule has 108 valence electrons. The number of halogens is 2. The van der Waals surface area contributed by atoms with Crippen LogP contribution >= 0.6 is 35.0 Å². The zero-order valence-corrected chi connectivity index (χ0v) is 14.0. The average molecular weight is 329 g/mol. The molecule has 1 aliphatic heterocycles. The summed E-state index contributed by atoms with van der Waals surface area (Å²) in [5.74, 6) is 2.19. The maximum Gasteiger partial charge on any atom is 0.127 e. The third-order valence-corrected chi connectivity index (χ3v) is 5.84. The zero-order chi connectivity index (χ0) is 14.3. The van der Waals surface area contributed by atoms with Gasteiger partial charge in [-0.2, -0.15) is 11.8 Å². The fraction of sp³-hybridized carbons (Fsp3) is 0.533. The van der Waals surface area contributed by atoms with Crippen LogP contribution in [0.25, 0.3) is 11.0 Å². The SMILES string of the molecule is CC(Cl)c1nc2ccc(Cl)cc2n1CC1(C)CCCS1. The van der Waals surface area contributed by atoms with Crippen molar-refractivity contribution in [1.82, 2.24) is 9.55 Å². The fourth-order valence-electron chi connectivity index (χ4n) is 2.88. The van der Waals surface area contributed by atoms with Crippen LogP contribution in [0.1, 0.15) is 37.9 Å². The van der Waals surface area contributed by atoms with Crippen LogP contribution < -0.4 is 0 Å². The van der Waals surface area contributed by atoms with E-state index in [2.05, 4.69) is 28.2 Å². The Morgan fingerprint density at radius 1 is 1.50 bits per heavy atom. The molecule has 1 saturated heterocycles. The molecule has 1 aliphatic rings. The van der Waals surface area contributed by atoms with Crippen molar-refractivity contribution in [2.24, 2.45) is 0 Å². The summed E-state index contributed by atoms with van der Waals surface area (Å²) >= 11 is 14.5. The molecule has 20 heavy (non-hydrogen) atoms. The van der Waals surface area contributed by atoms with Gasteiger partial charge in [-0.15, -0.1) is 11.6 Å². The predicted octanol–water partition coefficient (Wildman–Crippen LogP) is 5.28. The molecule has 1 aromatic heterocycles. The Kier molecular flexibility index (Phi) is 3.95. The van der Waals surface area contributed by atoms with E-state index in [1.165, 1.54) is 18.6 Å². The molecule has 0 N–H and O–H groups in total. The van der Waals surface area contributed by atoms with Gasteiger partial charge in [0.25, 0.3) is 0 Å². The number of rotatable bonds is 3. The van der Waals surface area contributed by atoms with Crippen LogP contribution in [-0.2, 0) is 6.54 Å². The highest BCUT2D eigenvalue weighted by molar-refractivity contribution is 8.00. The van der Waals surface area contributed by atoms with Crippen molar-refractivity contribution in [2.75, 3.05) is 5.75 Å². The largest absolute Gasteiger partial charge is 0.325 e. The Morgan fingerprint density at radius 3 is 2.95 bits per heavy atom. The molecule has 0 saturated carbocycles. The van der Waals surface area contributed by atoms with Crippen LogP contribution in [0.2, 0.25) is 5.02 Å². The van der Waals surface area contributed by atoms with E-state index in [0.717, 1.165) is 28.4 Å². The van der Waals surface area contributed by atoms with E-state index in [9.17, 15) is 0 Å². The van der Waals surface area contributed by atoms with Gasteiger partial charge in [0.1, 0.15) is 5.82 Å². The van der Waals surface area contributed by atoms with E-state index in [1.807, 2.05) is 25.1 Å². The molecule has 2 atom stereocenters. The van der Waals surface area contributed by atoms with E-state index in [1.54, 1.807) is 0 Å². The summed E-state index contributed by atoms with van der Waals surface area (Å²) in [5, 5.41) is 0.646. The minimum Gasteiger partial charge on any atom is -0.325 e. The summed E-state index contributed by atoms with van der Waals surface area (Å²) in [6.45, 7) is 5.26. The topological polar surface area (TPSA) is 17.8 Å². The van der Waals surface area contributed by atoms with Crippen molar-refractivity contribution >= 4 is 46.0 Å². The Balaban J connectivity index is 2.10. The van der Waals surface area contributed by atoms with Gasteiger partial charge in [0.05, 0.1) is 16.4 Å². The fourth-order valence-corrected chi connectivity index (χ4v) is 4.50. The second kappa shape index (κ2) is 5.43. The standard InChI is InChI=1S/C15H18Cl2N2S/c1-10(16)14-18-12-5-4-11(17)8-13(12)19(14)9-15(2)6-3-7-20-15/h4-5,8,10H,3,6-7,9H2,1-2H3. The molecule has 5 heteroatoms. The average Bonchev–Trinajstić information content (AvgIpc) is 2.95. The van der Waals surface area contributed by atoms with Gasteiger partial charge in [-0.1, -0.05) is 11.6 Å². The van der Waals surface area contributed by atoms with Crippen molar-refractivity contribution in [3.05, 3.63) is 29.0 Å². The van der Waals surface area contributed by atoms with Gasteiger partial charge in [-0.3, -0.25) is 0 Å². The second-order valence-electron chi connectivity index (χ2n) is 5.71. The predicted molar refractivity (Wildman–Crippen MR) is 89.1 cm³/mol. The van der Waals surface area contributed by atoms with E-state index >= 15 is 0 Å². The second-order valence-corrected chi connectivity index (χ2v) is 8.48. The van der Waals surface area contributed by atoms with Gasteiger partial charge in [-0.05, 0) is 50.6 Å². The van der Waals surface area contributed by atoms with Gasteiger partial charge < -0.3 is 4.57 Å². The monoisotopic (exact) mass is 328 g/mol. The normalized spacial score (nSPS) is 24.4. The van der Waals surface area contributed by atoms with Crippen LogP contribution in [-0.4, -0.2) is 20.1 Å². The van der Waals surface area contributed by atoms with Crippen molar-refractivity contribution < 1.29 is 0 Å². The first-order chi connectivity index (χ1) is 9.48. The Labute approximate surface area is 133 Å². The maximum absolute atomic E-state index is 6.33. The molecule has 2 heterocycles. The van der Waals surface area contributed by atoms with Gasteiger partial charge in [0.15, 0.2) is 0 Å². The van der Waals surface area contributed by atoms with E-state index < -0.39 is 0 Å². The molecular formula is C15H18Cl2N2S. The van der Waals surface area contributed by atoms with Gasteiger partial charge >= 0.3 is 0 Å². The highest BCUT2D eigenvalue weighted by atomic mass is 35.5. The number of thioether (sulfide) groups is 1. The van der Waals surface area contributed by atoms with Crippen molar-refractivity contribution in [3.63, 3.8) is 0 Å². The number of hydrogen-bond donors (Lipinski definition) is 0. The molecule has 0 bridgehead atoms. The number of nitrogens with zero attached hydrogens (tertiary/aromatic N) is 2. The summed E-state index contributed by atoms with van der Waals surface area (Å²) in [6, 6.07) is 5.85. The number of benzene rings is 1. The molecule has 1 aromatic carbocycles. The number of hydrogen-bond acceptors (Lipinski definition) is 2. The molecule has 0 radical (unpaired) electrons. The smallest absolute Gasteiger partial charge is 0.127 e. The molecule has 3 rings (SSSR count). The number of imidazole rings is 1. The first kappa shape index (κ1) is 14.6. The lowest BCUT2D eigenvalue weighted by Crippen LogP contribution is -2.25. The minimum atomic E-state index is -0.101. The highest BCUT2D eigenvalue weighted by Crippen LogP contribution is 2.40. The minimum absolute atomic E-state index is 0.101. The molecule has 2 aromatic rings. The van der Waals surface area contributed by atoms with Gasteiger partial charge in [-0.25, -0.2) is 4.98 Å². The van der Waals surface area contributed by atoms with Crippen LogP contribution in [0.5, 0.6) is 0 Å². The lowest BCUT2D eigenvalue weighted by molar-refractivity contribution is 0.506. The van der Waals surface area contributed by atoms with E-state index in [4.69, 9.17) is 23.2 Å². The lowest BCUT2D eigenvalue weighted by Gasteiger charge is -2.25. The molecule has 1 fully saturated rings. The summed E-state index contributed by atoms with van der Waals surface area (Å²) in [5.41, 5.74) is 2.07. The summed E-state index contributed by atoms with van der Waals surface area (Å²) in [7, 11) is 0. The quantitative estimate of drug-likeness (QED) is 0.714. The first-order valence-corrected chi connectivity index (χ1v) is 8.72. The molecule has 0 spiro atoms. The number of aromatic nitrogens is 2. The Hall–Kier alpha value is -0.380. The Bertz CT molecular complexity index is 630. The highest BCUT2D eigenvalue weighted by Gasteiger charge is 2.31. The molecular weight excluding hydrogens is 311 g/mol. The van der Waals surface area contributed by atoms with Crippen molar-refractivity contribution in [1.29, 1.82) is 0 Å². The third kappa shape index (κ3) is 2.68. The van der Waals surface area contributed by atoms with Crippen molar-refractivity contribution in [3.8, 4) is 0 Å². The molecule has 2 unspecified atom stereocenters. The number of alkyl halides is 1. The van der Waals surface area contributed by atoms with Crippen LogP contribution in [0, 0.1) is 0 Å². The Morgan fingerprint density at radius 2 is 2.30 bits per heavy atom. The summed E-state index contributed by atoms with van der Waals surface area (Å²) in [4.78, 5) is 4.69. The van der Waals surface area contributed by atoms with E-state index in [0.29, 0.717) is 0 Å². The molecule has 0 aliphatic carbocycles. The maximum atomic E-state index is 6.33.